The Morgan fingerprint density at radius 3 is 2.65 bits per heavy atom. The van der Waals surface area contributed by atoms with Crippen LogP contribution in [0.25, 0.3) is 10.6 Å². The van der Waals surface area contributed by atoms with E-state index in [1.54, 1.807) is 18.3 Å². The third kappa shape index (κ3) is 4.49. The number of carbonyl (C=O) groups is 1. The van der Waals surface area contributed by atoms with Crippen molar-refractivity contribution in [3.63, 3.8) is 0 Å². The molecule has 0 saturated carbocycles. The van der Waals surface area contributed by atoms with Gasteiger partial charge in [-0.15, -0.1) is 11.3 Å². The Morgan fingerprint density at radius 2 is 1.92 bits per heavy atom. The number of thiazole rings is 1. The summed E-state index contributed by atoms with van der Waals surface area (Å²) < 4.78 is 5.73. The summed E-state index contributed by atoms with van der Waals surface area (Å²) in [6, 6.07) is 17.8. The van der Waals surface area contributed by atoms with Gasteiger partial charge in [-0.05, 0) is 38.5 Å². The molecule has 3 rings (SSSR count). The molecule has 0 aliphatic carbocycles. The van der Waals surface area contributed by atoms with Gasteiger partial charge in [-0.1, -0.05) is 42.5 Å². The molecule has 0 fully saturated rings. The second-order valence-corrected chi connectivity index (χ2v) is 7.27. The maximum atomic E-state index is 12.3. The molecule has 1 amide bonds. The Balaban J connectivity index is 1.60. The standard InChI is InChI=1S/C21H22N2O2S/c1-14-8-7-11-18(12-14)25-16(3)20(24)22-13-19-15(2)23-21(26-19)17-9-5-4-6-10-17/h4-12,16H,13H2,1-3H3,(H,22,24). The van der Waals surface area contributed by atoms with Crippen molar-refractivity contribution in [2.75, 3.05) is 0 Å². The first kappa shape index (κ1) is 18.1. The highest BCUT2D eigenvalue weighted by molar-refractivity contribution is 7.15. The molecular weight excluding hydrogens is 344 g/mol. The lowest BCUT2D eigenvalue weighted by Gasteiger charge is -2.14. The lowest BCUT2D eigenvalue weighted by atomic mass is 10.2. The van der Waals surface area contributed by atoms with Crippen molar-refractivity contribution < 1.29 is 9.53 Å². The molecule has 0 radical (unpaired) electrons. The first-order chi connectivity index (χ1) is 12.5. The second-order valence-electron chi connectivity index (χ2n) is 6.19. The molecular formula is C21H22N2O2S. The molecule has 134 valence electrons. The number of hydrogen-bond acceptors (Lipinski definition) is 4. The summed E-state index contributed by atoms with van der Waals surface area (Å²) in [6.07, 6.45) is -0.557. The van der Waals surface area contributed by atoms with Crippen LogP contribution >= 0.6 is 11.3 Å². The van der Waals surface area contributed by atoms with Crippen LogP contribution in [0.4, 0.5) is 0 Å². The monoisotopic (exact) mass is 366 g/mol. The Bertz CT molecular complexity index is 890. The highest BCUT2D eigenvalue weighted by Gasteiger charge is 2.16. The molecule has 1 atom stereocenters. The van der Waals surface area contributed by atoms with Gasteiger partial charge in [0, 0.05) is 10.4 Å². The van der Waals surface area contributed by atoms with E-state index in [0.29, 0.717) is 12.3 Å². The fourth-order valence-corrected chi connectivity index (χ4v) is 3.56. The maximum Gasteiger partial charge on any atom is 0.261 e. The smallest absolute Gasteiger partial charge is 0.261 e. The fraction of sp³-hybridized carbons (Fsp3) is 0.238. The van der Waals surface area contributed by atoms with Gasteiger partial charge in [0.05, 0.1) is 12.2 Å². The quantitative estimate of drug-likeness (QED) is 0.698. The third-order valence-electron chi connectivity index (χ3n) is 4.01. The second kappa shape index (κ2) is 8.15. The van der Waals surface area contributed by atoms with E-state index in [1.165, 1.54) is 0 Å². The first-order valence-corrected chi connectivity index (χ1v) is 9.37. The number of amides is 1. The predicted octanol–water partition coefficient (Wildman–Crippen LogP) is 4.51. The first-order valence-electron chi connectivity index (χ1n) is 8.55. The van der Waals surface area contributed by atoms with Gasteiger partial charge in [0.15, 0.2) is 6.10 Å². The number of aromatic nitrogens is 1. The lowest BCUT2D eigenvalue weighted by molar-refractivity contribution is -0.127. The highest BCUT2D eigenvalue weighted by atomic mass is 32.1. The average molecular weight is 366 g/mol. The molecule has 3 aromatic rings. The van der Waals surface area contributed by atoms with E-state index in [-0.39, 0.29) is 5.91 Å². The highest BCUT2D eigenvalue weighted by Crippen LogP contribution is 2.27. The van der Waals surface area contributed by atoms with Gasteiger partial charge in [-0.25, -0.2) is 4.98 Å². The Morgan fingerprint density at radius 1 is 1.15 bits per heavy atom. The summed E-state index contributed by atoms with van der Waals surface area (Å²) >= 11 is 1.61. The van der Waals surface area contributed by atoms with E-state index < -0.39 is 6.10 Å². The van der Waals surface area contributed by atoms with Crippen LogP contribution in [0.1, 0.15) is 23.1 Å². The van der Waals surface area contributed by atoms with Gasteiger partial charge in [0.1, 0.15) is 10.8 Å². The normalized spacial score (nSPS) is 11.8. The topological polar surface area (TPSA) is 51.2 Å². The van der Waals surface area contributed by atoms with E-state index >= 15 is 0 Å². The fourth-order valence-electron chi connectivity index (χ4n) is 2.55. The molecule has 2 aromatic carbocycles. The summed E-state index contributed by atoms with van der Waals surface area (Å²) in [5, 5.41) is 3.91. The van der Waals surface area contributed by atoms with E-state index in [4.69, 9.17) is 4.74 Å². The van der Waals surface area contributed by atoms with Crippen molar-refractivity contribution in [1.82, 2.24) is 10.3 Å². The van der Waals surface area contributed by atoms with Crippen molar-refractivity contribution in [3.8, 4) is 16.3 Å². The van der Waals surface area contributed by atoms with Crippen LogP contribution in [-0.4, -0.2) is 17.0 Å². The number of rotatable bonds is 6. The minimum atomic E-state index is -0.557. The maximum absolute atomic E-state index is 12.3. The van der Waals surface area contributed by atoms with Crippen molar-refractivity contribution >= 4 is 17.2 Å². The van der Waals surface area contributed by atoms with Gasteiger partial charge in [-0.2, -0.15) is 0 Å². The summed E-state index contributed by atoms with van der Waals surface area (Å²) in [5.41, 5.74) is 3.14. The predicted molar refractivity (Wildman–Crippen MR) is 105 cm³/mol. The zero-order valence-electron chi connectivity index (χ0n) is 15.2. The number of nitrogens with one attached hydrogen (secondary N) is 1. The summed E-state index contributed by atoms with van der Waals surface area (Å²) in [4.78, 5) is 18.0. The zero-order valence-corrected chi connectivity index (χ0v) is 16.0. The molecule has 0 saturated heterocycles. The van der Waals surface area contributed by atoms with Gasteiger partial charge in [-0.3, -0.25) is 4.79 Å². The summed E-state index contributed by atoms with van der Waals surface area (Å²) in [7, 11) is 0. The van der Waals surface area contributed by atoms with Crippen LogP contribution in [0, 0.1) is 13.8 Å². The molecule has 0 bridgehead atoms. The number of nitrogens with zero attached hydrogens (tertiary/aromatic N) is 1. The van der Waals surface area contributed by atoms with Gasteiger partial charge in [0.25, 0.3) is 5.91 Å². The van der Waals surface area contributed by atoms with Gasteiger partial charge < -0.3 is 10.1 Å². The van der Waals surface area contributed by atoms with Gasteiger partial charge in [0.2, 0.25) is 0 Å². The van der Waals surface area contributed by atoms with Crippen LogP contribution in [-0.2, 0) is 11.3 Å². The van der Waals surface area contributed by atoms with Crippen LogP contribution in [0.3, 0.4) is 0 Å². The van der Waals surface area contributed by atoms with Crippen molar-refractivity contribution in [2.45, 2.75) is 33.4 Å². The van der Waals surface area contributed by atoms with E-state index in [0.717, 1.165) is 26.7 Å². The van der Waals surface area contributed by atoms with Crippen molar-refractivity contribution in [2.24, 2.45) is 0 Å². The molecule has 1 aromatic heterocycles. The number of ether oxygens (including phenoxy) is 1. The van der Waals surface area contributed by atoms with E-state index in [9.17, 15) is 4.79 Å². The van der Waals surface area contributed by atoms with Crippen LogP contribution < -0.4 is 10.1 Å². The number of hydrogen-bond donors (Lipinski definition) is 1. The molecule has 26 heavy (non-hydrogen) atoms. The Kier molecular flexibility index (Phi) is 5.68. The zero-order chi connectivity index (χ0) is 18.5. The van der Waals surface area contributed by atoms with Gasteiger partial charge >= 0.3 is 0 Å². The minimum Gasteiger partial charge on any atom is -0.481 e. The largest absolute Gasteiger partial charge is 0.481 e. The number of carbonyl (C=O) groups excluding carboxylic acids is 1. The molecule has 0 aliphatic rings. The Labute approximate surface area is 157 Å². The van der Waals surface area contributed by atoms with E-state index in [2.05, 4.69) is 10.3 Å². The Hall–Kier alpha value is -2.66. The van der Waals surface area contributed by atoms with Crippen LogP contribution in [0.5, 0.6) is 5.75 Å². The van der Waals surface area contributed by atoms with Crippen LogP contribution in [0.2, 0.25) is 0 Å². The lowest BCUT2D eigenvalue weighted by Crippen LogP contribution is -2.35. The SMILES string of the molecule is Cc1cccc(OC(C)C(=O)NCc2sc(-c3ccccc3)nc2C)c1. The van der Waals surface area contributed by atoms with Crippen molar-refractivity contribution in [3.05, 3.63) is 70.7 Å². The minimum absolute atomic E-state index is 0.138. The summed E-state index contributed by atoms with van der Waals surface area (Å²) in [6.45, 7) is 6.18. The summed E-state index contributed by atoms with van der Waals surface area (Å²) in [5.74, 6) is 0.563. The van der Waals surface area contributed by atoms with Crippen LogP contribution in [0.15, 0.2) is 54.6 Å². The van der Waals surface area contributed by atoms with E-state index in [1.807, 2.05) is 68.4 Å². The molecule has 1 unspecified atom stereocenters. The molecule has 4 nitrogen and oxygen atoms in total. The van der Waals surface area contributed by atoms with Crippen molar-refractivity contribution in [1.29, 1.82) is 0 Å². The average Bonchev–Trinajstić information content (AvgIpc) is 3.01. The molecule has 0 aliphatic heterocycles. The molecule has 5 heteroatoms. The molecule has 1 heterocycles. The number of aryl methyl sites for hydroxylation is 2. The molecule has 0 spiro atoms. The molecule has 1 N–H and O–H groups in total. The number of benzene rings is 2. The third-order valence-corrected chi connectivity index (χ3v) is 5.21.